The average molecular weight is 486 g/mol. The maximum atomic E-state index is 14.2. The van der Waals surface area contributed by atoms with Crippen molar-refractivity contribution in [2.24, 2.45) is 5.92 Å². The van der Waals surface area contributed by atoms with E-state index in [1.807, 2.05) is 13.0 Å². The predicted octanol–water partition coefficient (Wildman–Crippen LogP) is 3.97. The van der Waals surface area contributed by atoms with Crippen LogP contribution in [0.3, 0.4) is 0 Å². The van der Waals surface area contributed by atoms with Gasteiger partial charge < -0.3 is 15.5 Å². The lowest BCUT2D eigenvalue weighted by Gasteiger charge is -2.25. The highest BCUT2D eigenvalue weighted by molar-refractivity contribution is 6.32. The Labute approximate surface area is 201 Å². The molecule has 3 aromatic rings. The lowest BCUT2D eigenvalue weighted by atomic mass is 9.81. The molecule has 0 fully saturated rings. The molecule has 0 spiro atoms. The van der Waals surface area contributed by atoms with Crippen LogP contribution in [0.2, 0.25) is 5.02 Å². The number of hydrogen-bond donors (Lipinski definition) is 3. The zero-order valence-corrected chi connectivity index (χ0v) is 19.3. The monoisotopic (exact) mass is 485 g/mol. The van der Waals surface area contributed by atoms with Crippen molar-refractivity contribution < 1.29 is 24.2 Å². The molecule has 1 aromatic heterocycles. The summed E-state index contributed by atoms with van der Waals surface area (Å²) in [5.74, 6) is -4.25. The summed E-state index contributed by atoms with van der Waals surface area (Å²) in [7, 11) is 0. The topological polar surface area (TPSA) is 104 Å². The highest BCUT2D eigenvalue weighted by atomic mass is 35.5. The van der Waals surface area contributed by atoms with E-state index in [9.17, 15) is 24.2 Å². The number of aromatic nitrogens is 2. The van der Waals surface area contributed by atoms with Crippen molar-refractivity contribution in [3.05, 3.63) is 81.4 Å². The third-order valence-corrected chi connectivity index (χ3v) is 6.57. The standard InChI is InChI=1S/C25H25ClFN3O4/c1-14-10-16(11-15-4-2-3-5-22(15)27)29-30(14)24-18-8-9-28-13-20(17(18)6-7-21(24)26)19(25(33)34)12-23(31)32/h2-7,10,19-20,28H,8-9,11-13H2,1H3,(H,31,32)(H,33,34). The van der Waals surface area contributed by atoms with E-state index in [4.69, 9.17) is 16.7 Å². The molecule has 2 aromatic carbocycles. The van der Waals surface area contributed by atoms with Crippen molar-refractivity contribution in [3.8, 4) is 5.69 Å². The van der Waals surface area contributed by atoms with E-state index in [0.29, 0.717) is 47.9 Å². The molecule has 178 valence electrons. The number of aryl methyl sites for hydroxylation is 1. The average Bonchev–Trinajstić information content (AvgIpc) is 3.00. The van der Waals surface area contributed by atoms with E-state index in [2.05, 4.69) is 5.32 Å². The molecule has 0 amide bonds. The smallest absolute Gasteiger partial charge is 0.307 e. The number of hydrogen-bond acceptors (Lipinski definition) is 4. The normalized spacial score (nSPS) is 16.5. The van der Waals surface area contributed by atoms with Gasteiger partial charge in [0.2, 0.25) is 0 Å². The van der Waals surface area contributed by atoms with Gasteiger partial charge in [0.25, 0.3) is 0 Å². The first kappa shape index (κ1) is 23.9. The van der Waals surface area contributed by atoms with Crippen LogP contribution in [0.5, 0.6) is 0 Å². The molecule has 0 radical (unpaired) electrons. The molecular weight excluding hydrogens is 461 g/mol. The fourth-order valence-corrected chi connectivity index (χ4v) is 4.94. The summed E-state index contributed by atoms with van der Waals surface area (Å²) in [6.45, 7) is 2.80. The number of nitrogens with zero attached hydrogens (tertiary/aromatic N) is 2. The highest BCUT2D eigenvalue weighted by Crippen LogP contribution is 2.37. The SMILES string of the molecule is Cc1cc(Cc2ccccc2F)nn1-c1c(Cl)ccc2c1CCNCC2C(CC(=O)O)C(=O)O. The van der Waals surface area contributed by atoms with Crippen molar-refractivity contribution in [2.75, 3.05) is 13.1 Å². The first-order valence-corrected chi connectivity index (χ1v) is 11.4. The third kappa shape index (κ3) is 4.83. The molecule has 4 rings (SSSR count). The maximum absolute atomic E-state index is 14.2. The van der Waals surface area contributed by atoms with E-state index < -0.39 is 30.2 Å². The van der Waals surface area contributed by atoms with Gasteiger partial charge in [-0.3, -0.25) is 9.59 Å². The molecule has 2 heterocycles. The summed E-state index contributed by atoms with van der Waals surface area (Å²) >= 11 is 6.64. The van der Waals surface area contributed by atoms with E-state index in [0.717, 1.165) is 16.8 Å². The Hall–Kier alpha value is -3.23. The van der Waals surface area contributed by atoms with E-state index >= 15 is 0 Å². The Bertz CT molecular complexity index is 1240. The number of fused-ring (bicyclic) bond motifs is 1. The third-order valence-electron chi connectivity index (χ3n) is 6.26. The number of nitrogens with one attached hydrogen (secondary N) is 1. The van der Waals surface area contributed by atoms with Gasteiger partial charge in [0.05, 0.1) is 28.7 Å². The van der Waals surface area contributed by atoms with Gasteiger partial charge in [0, 0.05) is 24.6 Å². The molecule has 2 unspecified atom stereocenters. The Balaban J connectivity index is 1.79. The van der Waals surface area contributed by atoms with E-state index in [1.54, 1.807) is 35.0 Å². The van der Waals surface area contributed by atoms with Crippen LogP contribution in [0.15, 0.2) is 42.5 Å². The first-order valence-electron chi connectivity index (χ1n) is 11.0. The molecular formula is C25H25ClFN3O4. The number of carbonyl (C=O) groups is 2. The van der Waals surface area contributed by atoms with E-state index in [1.165, 1.54) is 6.07 Å². The highest BCUT2D eigenvalue weighted by Gasteiger charge is 2.35. The second kappa shape index (κ2) is 9.95. The summed E-state index contributed by atoms with van der Waals surface area (Å²) in [5, 5.41) is 27.5. The largest absolute Gasteiger partial charge is 0.481 e. The van der Waals surface area contributed by atoms with Gasteiger partial charge in [0.1, 0.15) is 5.82 Å². The molecule has 0 saturated heterocycles. The van der Waals surface area contributed by atoms with Crippen LogP contribution in [0, 0.1) is 18.7 Å². The van der Waals surface area contributed by atoms with Crippen LogP contribution in [0.1, 0.15) is 40.4 Å². The van der Waals surface area contributed by atoms with Crippen molar-refractivity contribution in [3.63, 3.8) is 0 Å². The maximum Gasteiger partial charge on any atom is 0.307 e. The predicted molar refractivity (Wildman–Crippen MR) is 125 cm³/mol. The minimum atomic E-state index is -1.16. The molecule has 0 bridgehead atoms. The second-order valence-electron chi connectivity index (χ2n) is 8.52. The van der Waals surface area contributed by atoms with Gasteiger partial charge in [-0.1, -0.05) is 35.9 Å². The molecule has 34 heavy (non-hydrogen) atoms. The summed E-state index contributed by atoms with van der Waals surface area (Å²) in [6.07, 6.45) is 0.410. The van der Waals surface area contributed by atoms with Crippen molar-refractivity contribution >= 4 is 23.5 Å². The van der Waals surface area contributed by atoms with Crippen LogP contribution < -0.4 is 5.32 Å². The Morgan fingerprint density at radius 1 is 1.26 bits per heavy atom. The number of aliphatic carboxylic acids is 2. The van der Waals surface area contributed by atoms with Gasteiger partial charge in [-0.15, -0.1) is 0 Å². The van der Waals surface area contributed by atoms with Crippen LogP contribution in [0.4, 0.5) is 4.39 Å². The molecule has 9 heteroatoms. The van der Waals surface area contributed by atoms with Crippen LogP contribution >= 0.6 is 11.6 Å². The first-order chi connectivity index (χ1) is 16.3. The molecule has 7 nitrogen and oxygen atoms in total. The quantitative estimate of drug-likeness (QED) is 0.468. The fraction of sp³-hybridized carbons (Fsp3) is 0.320. The lowest BCUT2D eigenvalue weighted by Crippen LogP contribution is -2.31. The van der Waals surface area contributed by atoms with Gasteiger partial charge in [-0.2, -0.15) is 5.10 Å². The summed E-state index contributed by atoms with van der Waals surface area (Å²) in [5.41, 5.74) is 4.24. The second-order valence-corrected chi connectivity index (χ2v) is 8.93. The molecule has 2 atom stereocenters. The lowest BCUT2D eigenvalue weighted by molar-refractivity contribution is -0.149. The van der Waals surface area contributed by atoms with E-state index in [-0.39, 0.29) is 5.82 Å². The van der Waals surface area contributed by atoms with Gasteiger partial charge in [-0.25, -0.2) is 9.07 Å². The van der Waals surface area contributed by atoms with Gasteiger partial charge in [-0.05, 0) is 54.8 Å². The molecule has 1 aliphatic rings. The Kier molecular flexibility index (Phi) is 7.00. The molecule has 0 aliphatic carbocycles. The zero-order valence-electron chi connectivity index (χ0n) is 18.6. The van der Waals surface area contributed by atoms with Crippen LogP contribution in [0.25, 0.3) is 5.69 Å². The number of carboxylic acid groups (broad SMARTS) is 2. The number of rotatable bonds is 7. The number of halogens is 2. The Morgan fingerprint density at radius 3 is 2.74 bits per heavy atom. The molecule has 3 N–H and O–H groups in total. The summed E-state index contributed by atoms with van der Waals surface area (Å²) < 4.78 is 15.9. The zero-order chi connectivity index (χ0) is 24.4. The number of carboxylic acids is 2. The van der Waals surface area contributed by atoms with Crippen LogP contribution in [-0.2, 0) is 22.4 Å². The van der Waals surface area contributed by atoms with Crippen molar-refractivity contribution in [1.29, 1.82) is 0 Å². The summed E-state index contributed by atoms with van der Waals surface area (Å²) in [4.78, 5) is 23.3. The minimum absolute atomic E-state index is 0.298. The minimum Gasteiger partial charge on any atom is -0.481 e. The van der Waals surface area contributed by atoms with Crippen LogP contribution in [-0.4, -0.2) is 45.0 Å². The van der Waals surface area contributed by atoms with Gasteiger partial charge in [0.15, 0.2) is 0 Å². The number of benzene rings is 2. The Morgan fingerprint density at radius 2 is 2.03 bits per heavy atom. The van der Waals surface area contributed by atoms with Crippen molar-refractivity contribution in [2.45, 2.75) is 32.1 Å². The fourth-order valence-electron chi connectivity index (χ4n) is 4.68. The summed E-state index contributed by atoms with van der Waals surface area (Å²) in [6, 6.07) is 11.9. The molecule has 1 aliphatic heterocycles. The van der Waals surface area contributed by atoms with Gasteiger partial charge >= 0.3 is 11.9 Å². The van der Waals surface area contributed by atoms with Crippen molar-refractivity contribution in [1.82, 2.24) is 15.1 Å². The molecule has 0 saturated carbocycles.